The average molecular weight is 283 g/mol. The number of carbonyl (C=O) groups excluding carboxylic acids is 1. The van der Waals surface area contributed by atoms with E-state index in [-0.39, 0.29) is 36.4 Å². The molecule has 0 spiro atoms. The zero-order chi connectivity index (χ0) is 15.1. The van der Waals surface area contributed by atoms with Crippen LogP contribution in [-0.4, -0.2) is 31.7 Å². The van der Waals surface area contributed by atoms with Gasteiger partial charge in [0.2, 0.25) is 0 Å². The zero-order valence-corrected chi connectivity index (χ0v) is 11.6. The van der Waals surface area contributed by atoms with E-state index in [0.717, 1.165) is 0 Å². The monoisotopic (exact) mass is 283 g/mol. The molecule has 1 aromatic carbocycles. The van der Waals surface area contributed by atoms with Gasteiger partial charge >= 0.3 is 5.97 Å². The predicted molar refractivity (Wildman–Crippen MR) is 70.9 cm³/mol. The van der Waals surface area contributed by atoms with Crippen LogP contribution >= 0.6 is 0 Å². The first-order valence-electron chi connectivity index (χ1n) is 6.00. The molecule has 7 heteroatoms. The molecular weight excluding hydrogens is 266 g/mol. The van der Waals surface area contributed by atoms with Gasteiger partial charge in [-0.2, -0.15) is 0 Å². The van der Waals surface area contributed by atoms with Gasteiger partial charge < -0.3 is 14.2 Å². The number of non-ortho nitro benzene ring substituents is 1. The van der Waals surface area contributed by atoms with E-state index >= 15 is 0 Å². The minimum absolute atomic E-state index is 0.0774. The number of benzene rings is 1. The Bertz CT molecular complexity index is 488. The maximum atomic E-state index is 11.1. The molecule has 0 saturated heterocycles. The summed E-state index contributed by atoms with van der Waals surface area (Å²) in [6.45, 7) is 2.05. The second kappa shape index (κ2) is 7.32. The standard InChI is InChI=1S/C13H17NO6/c1-9(6-13(15)19-3)8-20-12-7-10(14(16)17)4-5-11(12)18-2/h4-5,7,9H,6,8H2,1-3H3. The van der Waals surface area contributed by atoms with Gasteiger partial charge in [-0.15, -0.1) is 0 Å². The Morgan fingerprint density at radius 3 is 2.60 bits per heavy atom. The fourth-order valence-corrected chi connectivity index (χ4v) is 1.55. The van der Waals surface area contributed by atoms with Crippen LogP contribution < -0.4 is 9.47 Å². The van der Waals surface area contributed by atoms with Gasteiger partial charge in [-0.25, -0.2) is 0 Å². The summed E-state index contributed by atoms with van der Waals surface area (Å²) in [5.74, 6) is 0.276. The van der Waals surface area contributed by atoms with Crippen molar-refractivity contribution in [1.29, 1.82) is 0 Å². The quantitative estimate of drug-likeness (QED) is 0.433. The van der Waals surface area contributed by atoms with Crippen LogP contribution in [0.5, 0.6) is 11.5 Å². The Hall–Kier alpha value is -2.31. The van der Waals surface area contributed by atoms with E-state index in [2.05, 4.69) is 4.74 Å². The van der Waals surface area contributed by atoms with Crippen molar-refractivity contribution < 1.29 is 23.9 Å². The fraction of sp³-hybridized carbons (Fsp3) is 0.462. The molecule has 0 amide bonds. The fourth-order valence-electron chi connectivity index (χ4n) is 1.55. The first kappa shape index (κ1) is 15.7. The van der Waals surface area contributed by atoms with Crippen LogP contribution in [0.4, 0.5) is 5.69 Å². The topological polar surface area (TPSA) is 87.9 Å². The Morgan fingerprint density at radius 1 is 1.35 bits per heavy atom. The highest BCUT2D eigenvalue weighted by molar-refractivity contribution is 5.69. The third-order valence-electron chi connectivity index (χ3n) is 2.62. The largest absolute Gasteiger partial charge is 0.493 e. The average Bonchev–Trinajstić information content (AvgIpc) is 2.44. The van der Waals surface area contributed by atoms with E-state index < -0.39 is 4.92 Å². The third-order valence-corrected chi connectivity index (χ3v) is 2.62. The molecule has 0 radical (unpaired) electrons. The summed E-state index contributed by atoms with van der Waals surface area (Å²) in [7, 11) is 2.77. The lowest BCUT2D eigenvalue weighted by atomic mass is 10.1. The molecular formula is C13H17NO6. The molecule has 1 aromatic rings. The van der Waals surface area contributed by atoms with E-state index in [1.807, 2.05) is 6.92 Å². The van der Waals surface area contributed by atoms with Gasteiger partial charge in [-0.1, -0.05) is 6.92 Å². The highest BCUT2D eigenvalue weighted by Crippen LogP contribution is 2.31. The number of nitro groups is 1. The Kier molecular flexibility index (Phi) is 5.76. The molecule has 7 nitrogen and oxygen atoms in total. The van der Waals surface area contributed by atoms with Crippen molar-refractivity contribution in [3.05, 3.63) is 28.3 Å². The third kappa shape index (κ3) is 4.42. The molecule has 0 saturated carbocycles. The van der Waals surface area contributed by atoms with Crippen LogP contribution in [0.15, 0.2) is 18.2 Å². The predicted octanol–water partition coefficient (Wildman–Crippen LogP) is 2.18. The van der Waals surface area contributed by atoms with Crippen molar-refractivity contribution in [2.24, 2.45) is 5.92 Å². The molecule has 20 heavy (non-hydrogen) atoms. The van der Waals surface area contributed by atoms with Crippen molar-refractivity contribution in [3.63, 3.8) is 0 Å². The van der Waals surface area contributed by atoms with E-state index in [9.17, 15) is 14.9 Å². The van der Waals surface area contributed by atoms with Gasteiger partial charge in [0.1, 0.15) is 0 Å². The van der Waals surface area contributed by atoms with Gasteiger partial charge in [0.15, 0.2) is 11.5 Å². The molecule has 0 heterocycles. The van der Waals surface area contributed by atoms with Crippen LogP contribution in [0.3, 0.4) is 0 Å². The minimum atomic E-state index is -0.510. The van der Waals surface area contributed by atoms with Crippen LogP contribution in [0.2, 0.25) is 0 Å². The summed E-state index contributed by atoms with van der Waals surface area (Å²) in [5.41, 5.74) is -0.0820. The molecule has 0 fully saturated rings. The smallest absolute Gasteiger partial charge is 0.305 e. The molecule has 110 valence electrons. The number of hydrogen-bond acceptors (Lipinski definition) is 6. The summed E-state index contributed by atoms with van der Waals surface area (Å²) >= 11 is 0. The van der Waals surface area contributed by atoms with Crippen LogP contribution in [0.25, 0.3) is 0 Å². The normalized spacial score (nSPS) is 11.6. The van der Waals surface area contributed by atoms with Crippen molar-refractivity contribution in [3.8, 4) is 11.5 Å². The second-order valence-corrected chi connectivity index (χ2v) is 4.29. The summed E-state index contributed by atoms with van der Waals surface area (Å²) in [5, 5.41) is 10.7. The summed E-state index contributed by atoms with van der Waals surface area (Å²) in [6.07, 6.45) is 0.216. The zero-order valence-electron chi connectivity index (χ0n) is 11.6. The van der Waals surface area contributed by atoms with Gasteiger partial charge in [0.05, 0.1) is 38.2 Å². The maximum absolute atomic E-state index is 11.1. The molecule has 0 N–H and O–H groups in total. The molecule has 0 aromatic heterocycles. The lowest BCUT2D eigenvalue weighted by molar-refractivity contribution is -0.385. The van der Waals surface area contributed by atoms with E-state index in [0.29, 0.717) is 5.75 Å². The number of nitro benzene ring substituents is 1. The Labute approximate surface area is 116 Å². The first-order chi connectivity index (χ1) is 9.47. The van der Waals surface area contributed by atoms with Gasteiger partial charge in [-0.3, -0.25) is 14.9 Å². The lowest BCUT2D eigenvalue weighted by Crippen LogP contribution is -2.14. The molecule has 0 aliphatic carbocycles. The highest BCUT2D eigenvalue weighted by Gasteiger charge is 2.15. The van der Waals surface area contributed by atoms with E-state index in [1.165, 1.54) is 32.4 Å². The van der Waals surface area contributed by atoms with Crippen LogP contribution in [0.1, 0.15) is 13.3 Å². The Morgan fingerprint density at radius 2 is 2.05 bits per heavy atom. The number of rotatable bonds is 7. The van der Waals surface area contributed by atoms with Crippen LogP contribution in [-0.2, 0) is 9.53 Å². The SMILES string of the molecule is COC(=O)CC(C)COc1cc([N+](=O)[O-])ccc1OC. The number of nitrogens with zero attached hydrogens (tertiary/aromatic N) is 1. The Balaban J connectivity index is 2.72. The minimum Gasteiger partial charge on any atom is -0.493 e. The van der Waals surface area contributed by atoms with Gasteiger partial charge in [0, 0.05) is 12.0 Å². The first-order valence-corrected chi connectivity index (χ1v) is 6.00. The van der Waals surface area contributed by atoms with Crippen molar-refractivity contribution in [2.75, 3.05) is 20.8 Å². The van der Waals surface area contributed by atoms with Crippen molar-refractivity contribution in [1.82, 2.24) is 0 Å². The summed E-state index contributed by atoms with van der Waals surface area (Å²) < 4.78 is 15.1. The lowest BCUT2D eigenvalue weighted by Gasteiger charge is -2.14. The molecule has 0 bridgehead atoms. The van der Waals surface area contributed by atoms with Crippen molar-refractivity contribution in [2.45, 2.75) is 13.3 Å². The summed E-state index contributed by atoms with van der Waals surface area (Å²) in [4.78, 5) is 21.3. The number of methoxy groups -OCH3 is 2. The van der Waals surface area contributed by atoms with Crippen LogP contribution in [0, 0.1) is 16.0 Å². The molecule has 1 atom stereocenters. The van der Waals surface area contributed by atoms with Crippen molar-refractivity contribution >= 4 is 11.7 Å². The second-order valence-electron chi connectivity index (χ2n) is 4.29. The maximum Gasteiger partial charge on any atom is 0.305 e. The van der Waals surface area contributed by atoms with Gasteiger partial charge in [-0.05, 0) is 6.07 Å². The summed E-state index contributed by atoms with van der Waals surface area (Å²) in [6, 6.07) is 4.10. The molecule has 0 aliphatic rings. The van der Waals surface area contributed by atoms with E-state index in [4.69, 9.17) is 9.47 Å². The molecule has 1 unspecified atom stereocenters. The molecule has 1 rings (SSSR count). The number of hydrogen-bond donors (Lipinski definition) is 0. The van der Waals surface area contributed by atoms with Gasteiger partial charge in [0.25, 0.3) is 5.69 Å². The number of esters is 1. The number of carbonyl (C=O) groups is 1. The highest BCUT2D eigenvalue weighted by atomic mass is 16.6. The molecule has 0 aliphatic heterocycles. The number of ether oxygens (including phenoxy) is 3. The van der Waals surface area contributed by atoms with E-state index in [1.54, 1.807) is 0 Å².